The molecule has 0 spiro atoms. The van der Waals surface area contributed by atoms with Gasteiger partial charge in [0.25, 0.3) is 5.69 Å². The number of fused-ring (bicyclic) bond motifs is 1. The Balaban J connectivity index is 1.65. The molecule has 0 aromatic heterocycles. The molecule has 6 heteroatoms. The zero-order valence-electron chi connectivity index (χ0n) is 11.6. The van der Waals surface area contributed by atoms with Crippen LogP contribution in [0.2, 0.25) is 0 Å². The molecule has 1 aliphatic heterocycles. The molecule has 112 valence electrons. The van der Waals surface area contributed by atoms with Gasteiger partial charge in [-0.25, -0.2) is 0 Å². The molecule has 2 aliphatic rings. The largest absolute Gasteiger partial charge is 0.393 e. The number of nitro benzene ring substituents is 1. The average Bonchev–Trinajstić information content (AvgIpc) is 3.01. The zero-order chi connectivity index (χ0) is 15.0. The molecule has 1 saturated carbocycles. The number of benzene rings is 1. The number of hydrogen-bond donors (Lipinski definition) is 1. The summed E-state index contributed by atoms with van der Waals surface area (Å²) in [4.78, 5) is 24.6. The standard InChI is InChI=1S/C15H18N2O4/c18-14-5-4-11-7-16(8-13(11)14)9-15(19)10-2-1-3-12(6-10)17(20)21/h1-3,6,11,13-14,18H,4-5,7-9H2. The summed E-state index contributed by atoms with van der Waals surface area (Å²) in [5.41, 5.74) is 0.316. The first-order chi connectivity index (χ1) is 10.0. The third-order valence-electron chi connectivity index (χ3n) is 4.64. The van der Waals surface area contributed by atoms with Crippen LogP contribution in [-0.2, 0) is 0 Å². The van der Waals surface area contributed by atoms with Crippen LogP contribution < -0.4 is 0 Å². The quantitative estimate of drug-likeness (QED) is 0.516. The number of non-ortho nitro benzene ring substituents is 1. The summed E-state index contributed by atoms with van der Waals surface area (Å²) < 4.78 is 0. The van der Waals surface area contributed by atoms with Crippen LogP contribution in [0.4, 0.5) is 5.69 Å². The molecule has 1 heterocycles. The average molecular weight is 290 g/mol. The summed E-state index contributed by atoms with van der Waals surface area (Å²) in [6, 6.07) is 5.86. The van der Waals surface area contributed by atoms with E-state index in [4.69, 9.17) is 0 Å². The fraction of sp³-hybridized carbons (Fsp3) is 0.533. The van der Waals surface area contributed by atoms with E-state index in [1.165, 1.54) is 18.2 Å². The first-order valence-corrected chi connectivity index (χ1v) is 7.22. The first kappa shape index (κ1) is 14.2. The zero-order valence-corrected chi connectivity index (χ0v) is 11.6. The molecule has 2 fully saturated rings. The Morgan fingerprint density at radius 2 is 2.19 bits per heavy atom. The number of nitrogens with zero attached hydrogens (tertiary/aromatic N) is 2. The molecule has 3 unspecified atom stereocenters. The van der Waals surface area contributed by atoms with Gasteiger partial charge >= 0.3 is 0 Å². The van der Waals surface area contributed by atoms with Crippen molar-refractivity contribution in [1.82, 2.24) is 4.90 Å². The monoisotopic (exact) mass is 290 g/mol. The Hall–Kier alpha value is -1.79. The van der Waals surface area contributed by atoms with Crippen molar-refractivity contribution >= 4 is 11.5 Å². The van der Waals surface area contributed by atoms with E-state index < -0.39 is 4.92 Å². The molecule has 3 atom stereocenters. The first-order valence-electron chi connectivity index (χ1n) is 7.22. The minimum atomic E-state index is -0.493. The van der Waals surface area contributed by atoms with Crippen molar-refractivity contribution in [1.29, 1.82) is 0 Å². The van der Waals surface area contributed by atoms with Crippen molar-refractivity contribution in [3.05, 3.63) is 39.9 Å². The van der Waals surface area contributed by atoms with Gasteiger partial charge < -0.3 is 5.11 Å². The number of aliphatic hydroxyl groups is 1. The SMILES string of the molecule is O=C(CN1CC2CCC(O)C2C1)c1cccc([N+](=O)[O-])c1. The number of carbonyl (C=O) groups is 1. The lowest BCUT2D eigenvalue weighted by molar-refractivity contribution is -0.384. The maximum Gasteiger partial charge on any atom is 0.270 e. The normalized spacial score (nSPS) is 28.5. The number of rotatable bonds is 4. The number of aliphatic hydroxyl groups excluding tert-OH is 1. The molecule has 1 aromatic rings. The number of ketones is 1. The van der Waals surface area contributed by atoms with Crippen LogP contribution in [0.1, 0.15) is 23.2 Å². The molecule has 1 aromatic carbocycles. The van der Waals surface area contributed by atoms with Crippen molar-refractivity contribution in [2.24, 2.45) is 11.8 Å². The van der Waals surface area contributed by atoms with E-state index in [2.05, 4.69) is 4.90 Å². The van der Waals surface area contributed by atoms with Crippen molar-refractivity contribution in [2.45, 2.75) is 18.9 Å². The van der Waals surface area contributed by atoms with Crippen LogP contribution in [0.5, 0.6) is 0 Å². The number of Topliss-reactive ketones (excluding diaryl/α,β-unsaturated/α-hetero) is 1. The summed E-state index contributed by atoms with van der Waals surface area (Å²) in [6.45, 7) is 1.84. The third-order valence-corrected chi connectivity index (χ3v) is 4.64. The molecule has 0 radical (unpaired) electrons. The summed E-state index contributed by atoms with van der Waals surface area (Å²) in [5.74, 6) is 0.661. The van der Waals surface area contributed by atoms with Crippen LogP contribution in [0.3, 0.4) is 0 Å². The van der Waals surface area contributed by atoms with Gasteiger partial charge in [-0.3, -0.25) is 19.8 Å². The van der Waals surface area contributed by atoms with Gasteiger partial charge in [0.15, 0.2) is 5.78 Å². The molecule has 1 aliphatic carbocycles. The molecule has 21 heavy (non-hydrogen) atoms. The molecule has 0 bridgehead atoms. The second-order valence-electron chi connectivity index (χ2n) is 5.99. The summed E-state index contributed by atoms with van der Waals surface area (Å²) in [6.07, 6.45) is 1.64. The van der Waals surface area contributed by atoms with E-state index >= 15 is 0 Å². The van der Waals surface area contributed by atoms with E-state index in [-0.39, 0.29) is 30.0 Å². The van der Waals surface area contributed by atoms with Gasteiger partial charge in [-0.2, -0.15) is 0 Å². The summed E-state index contributed by atoms with van der Waals surface area (Å²) >= 11 is 0. The Kier molecular flexibility index (Phi) is 3.73. The highest BCUT2D eigenvalue weighted by atomic mass is 16.6. The van der Waals surface area contributed by atoms with E-state index in [1.54, 1.807) is 6.07 Å². The van der Waals surface area contributed by atoms with E-state index in [1.807, 2.05) is 0 Å². The van der Waals surface area contributed by atoms with E-state index in [0.29, 0.717) is 11.5 Å². The lowest BCUT2D eigenvalue weighted by Gasteiger charge is -2.17. The number of hydrogen-bond acceptors (Lipinski definition) is 5. The van der Waals surface area contributed by atoms with Gasteiger partial charge in [-0.05, 0) is 18.8 Å². The maximum atomic E-state index is 12.2. The fourth-order valence-corrected chi connectivity index (χ4v) is 3.55. The Morgan fingerprint density at radius 3 is 2.90 bits per heavy atom. The predicted molar refractivity (Wildman–Crippen MR) is 76.1 cm³/mol. The minimum Gasteiger partial charge on any atom is -0.393 e. The third kappa shape index (κ3) is 2.82. The highest BCUT2D eigenvalue weighted by molar-refractivity contribution is 5.98. The minimum absolute atomic E-state index is 0.0606. The van der Waals surface area contributed by atoms with Crippen molar-refractivity contribution in [2.75, 3.05) is 19.6 Å². The molecule has 1 N–H and O–H groups in total. The molecular weight excluding hydrogens is 272 g/mol. The van der Waals surface area contributed by atoms with Gasteiger partial charge in [0.1, 0.15) is 0 Å². The van der Waals surface area contributed by atoms with E-state index in [9.17, 15) is 20.0 Å². The maximum absolute atomic E-state index is 12.2. The topological polar surface area (TPSA) is 83.7 Å². The highest BCUT2D eigenvalue weighted by Crippen LogP contribution is 2.37. The second kappa shape index (κ2) is 5.54. The molecule has 1 saturated heterocycles. The van der Waals surface area contributed by atoms with Crippen LogP contribution in [-0.4, -0.2) is 46.5 Å². The number of nitro groups is 1. The lowest BCUT2D eigenvalue weighted by atomic mass is 10.00. The Morgan fingerprint density at radius 1 is 1.38 bits per heavy atom. The van der Waals surface area contributed by atoms with Crippen LogP contribution in [0, 0.1) is 22.0 Å². The molecule has 0 amide bonds. The van der Waals surface area contributed by atoms with Crippen LogP contribution >= 0.6 is 0 Å². The summed E-state index contributed by atoms with van der Waals surface area (Å²) in [7, 11) is 0. The van der Waals surface area contributed by atoms with Gasteiger partial charge in [0, 0.05) is 36.7 Å². The Bertz CT molecular complexity index is 575. The van der Waals surface area contributed by atoms with Gasteiger partial charge in [0.2, 0.25) is 0 Å². The molecule has 6 nitrogen and oxygen atoms in total. The lowest BCUT2D eigenvalue weighted by Crippen LogP contribution is -2.30. The predicted octanol–water partition coefficient (Wildman–Crippen LogP) is 1.48. The van der Waals surface area contributed by atoms with Gasteiger partial charge in [-0.1, -0.05) is 12.1 Å². The van der Waals surface area contributed by atoms with Crippen LogP contribution in [0.15, 0.2) is 24.3 Å². The van der Waals surface area contributed by atoms with Crippen molar-refractivity contribution in [3.63, 3.8) is 0 Å². The fourth-order valence-electron chi connectivity index (χ4n) is 3.55. The van der Waals surface area contributed by atoms with Gasteiger partial charge in [0.05, 0.1) is 17.6 Å². The van der Waals surface area contributed by atoms with Crippen LogP contribution in [0.25, 0.3) is 0 Å². The van der Waals surface area contributed by atoms with E-state index in [0.717, 1.165) is 25.9 Å². The highest BCUT2D eigenvalue weighted by Gasteiger charge is 2.42. The second-order valence-corrected chi connectivity index (χ2v) is 5.99. The van der Waals surface area contributed by atoms with Crippen molar-refractivity contribution in [3.8, 4) is 0 Å². The van der Waals surface area contributed by atoms with Crippen molar-refractivity contribution < 1.29 is 14.8 Å². The Labute approximate surface area is 122 Å². The smallest absolute Gasteiger partial charge is 0.270 e. The molecule has 3 rings (SSSR count). The number of likely N-dealkylation sites (tertiary alicyclic amines) is 1. The van der Waals surface area contributed by atoms with Gasteiger partial charge in [-0.15, -0.1) is 0 Å². The summed E-state index contributed by atoms with van der Waals surface area (Å²) in [5, 5.41) is 20.6. The molecular formula is C15H18N2O4. The number of carbonyl (C=O) groups excluding carboxylic acids is 1.